The molecule has 14 heavy (non-hydrogen) atoms. The molecule has 1 aromatic rings. The number of hydrogen-bond acceptors (Lipinski definition) is 2. The van der Waals surface area contributed by atoms with E-state index in [4.69, 9.17) is 5.26 Å². The highest BCUT2D eigenvalue weighted by molar-refractivity contribution is 8.03. The fourth-order valence-corrected chi connectivity index (χ4v) is 1.26. The van der Waals surface area contributed by atoms with Crippen LogP contribution in [0.15, 0.2) is 23.1 Å². The summed E-state index contributed by atoms with van der Waals surface area (Å²) in [5.74, 6) is -0.829. The topological polar surface area (TPSA) is 23.8 Å². The van der Waals surface area contributed by atoms with Gasteiger partial charge in [0.25, 0.3) is 0 Å². The molecule has 0 aliphatic heterocycles. The molecule has 0 bridgehead atoms. The number of alkyl halides is 3. The minimum atomic E-state index is -4.52. The predicted octanol–water partition coefficient (Wildman–Crippen LogP) is 3.42. The Morgan fingerprint density at radius 1 is 1.29 bits per heavy atom. The Morgan fingerprint density at radius 2 is 1.93 bits per heavy atom. The SMILES string of the molecule is N#CSc1cc(C(F)(F)F)ccc1F. The van der Waals surface area contributed by atoms with Crippen molar-refractivity contribution in [1.29, 1.82) is 5.26 Å². The summed E-state index contributed by atoms with van der Waals surface area (Å²) in [7, 11) is 0. The molecule has 0 fully saturated rings. The van der Waals surface area contributed by atoms with E-state index >= 15 is 0 Å². The van der Waals surface area contributed by atoms with Crippen molar-refractivity contribution >= 4 is 11.8 Å². The van der Waals surface area contributed by atoms with Gasteiger partial charge in [0.2, 0.25) is 0 Å². The van der Waals surface area contributed by atoms with Gasteiger partial charge in [-0.25, -0.2) is 4.39 Å². The molecule has 0 spiro atoms. The minimum Gasteiger partial charge on any atom is -0.206 e. The highest BCUT2D eigenvalue weighted by atomic mass is 32.2. The fraction of sp³-hybridized carbons (Fsp3) is 0.125. The van der Waals surface area contributed by atoms with Gasteiger partial charge in [-0.2, -0.15) is 18.4 Å². The van der Waals surface area contributed by atoms with Crippen LogP contribution in [-0.4, -0.2) is 0 Å². The smallest absolute Gasteiger partial charge is 0.206 e. The highest BCUT2D eigenvalue weighted by Gasteiger charge is 2.31. The molecule has 0 heterocycles. The molecule has 0 aromatic heterocycles. The van der Waals surface area contributed by atoms with E-state index in [-0.39, 0.29) is 4.90 Å². The van der Waals surface area contributed by atoms with Crippen molar-refractivity contribution in [2.75, 3.05) is 0 Å². The molecule has 0 aliphatic rings. The number of nitrogens with zero attached hydrogens (tertiary/aromatic N) is 1. The Hall–Kier alpha value is -1.22. The van der Waals surface area contributed by atoms with Gasteiger partial charge in [-0.15, -0.1) is 0 Å². The number of thioether (sulfide) groups is 1. The first kappa shape index (κ1) is 10.9. The first-order valence-electron chi connectivity index (χ1n) is 3.38. The van der Waals surface area contributed by atoms with Crippen molar-refractivity contribution in [3.8, 4) is 5.40 Å². The van der Waals surface area contributed by atoms with Gasteiger partial charge in [0.1, 0.15) is 11.2 Å². The summed E-state index contributed by atoms with van der Waals surface area (Å²) in [6, 6.07) is 1.95. The van der Waals surface area contributed by atoms with E-state index in [1.54, 1.807) is 0 Å². The van der Waals surface area contributed by atoms with Crippen molar-refractivity contribution < 1.29 is 17.6 Å². The Labute approximate surface area is 81.3 Å². The molecule has 1 aromatic carbocycles. The third kappa shape index (κ3) is 2.39. The summed E-state index contributed by atoms with van der Waals surface area (Å²) in [4.78, 5) is -0.317. The maximum Gasteiger partial charge on any atom is 0.416 e. The quantitative estimate of drug-likeness (QED) is 0.412. The molecule has 0 atom stereocenters. The largest absolute Gasteiger partial charge is 0.416 e. The zero-order valence-corrected chi connectivity index (χ0v) is 7.42. The minimum absolute atomic E-state index is 0.317. The summed E-state index contributed by atoms with van der Waals surface area (Å²) in [5.41, 5.74) is -0.961. The second kappa shape index (κ2) is 3.88. The molecule has 0 saturated heterocycles. The number of benzene rings is 1. The lowest BCUT2D eigenvalue weighted by molar-refractivity contribution is -0.137. The highest BCUT2D eigenvalue weighted by Crippen LogP contribution is 2.32. The molecule has 74 valence electrons. The summed E-state index contributed by atoms with van der Waals surface area (Å²) in [5, 5.41) is 9.72. The molecule has 0 unspecified atom stereocenters. The second-order valence-corrected chi connectivity index (χ2v) is 3.16. The van der Waals surface area contributed by atoms with Crippen LogP contribution in [0.2, 0.25) is 0 Å². The van der Waals surface area contributed by atoms with Gasteiger partial charge in [0.05, 0.1) is 10.5 Å². The van der Waals surface area contributed by atoms with Crippen LogP contribution in [0, 0.1) is 16.5 Å². The summed E-state index contributed by atoms with van der Waals surface area (Å²) in [6.45, 7) is 0. The molecule has 0 aliphatic carbocycles. The van der Waals surface area contributed by atoms with Crippen LogP contribution in [0.25, 0.3) is 0 Å². The van der Waals surface area contributed by atoms with E-state index < -0.39 is 17.6 Å². The monoisotopic (exact) mass is 221 g/mol. The van der Waals surface area contributed by atoms with E-state index in [2.05, 4.69) is 0 Å². The number of rotatable bonds is 1. The Morgan fingerprint density at radius 3 is 2.43 bits per heavy atom. The van der Waals surface area contributed by atoms with Crippen LogP contribution in [0.4, 0.5) is 17.6 Å². The standard InChI is InChI=1S/C8H3F4NS/c9-6-2-1-5(8(10,11)12)3-7(6)14-4-13/h1-3H. The van der Waals surface area contributed by atoms with Gasteiger partial charge in [-0.1, -0.05) is 0 Å². The third-order valence-electron chi connectivity index (χ3n) is 1.41. The molecule has 0 radical (unpaired) electrons. The van der Waals surface area contributed by atoms with Crippen LogP contribution in [0.5, 0.6) is 0 Å². The zero-order chi connectivity index (χ0) is 10.8. The Kier molecular flexibility index (Phi) is 3.01. The molecular weight excluding hydrogens is 218 g/mol. The molecule has 0 amide bonds. The molecule has 1 nitrogen and oxygen atoms in total. The van der Waals surface area contributed by atoms with Gasteiger partial charge in [0, 0.05) is 0 Å². The summed E-state index contributed by atoms with van der Waals surface area (Å²) in [6.07, 6.45) is -4.52. The fourth-order valence-electron chi connectivity index (χ4n) is 0.807. The van der Waals surface area contributed by atoms with Gasteiger partial charge < -0.3 is 0 Å². The molecule has 1 rings (SSSR count). The maximum atomic E-state index is 12.8. The van der Waals surface area contributed by atoms with E-state index in [1.165, 1.54) is 5.40 Å². The third-order valence-corrected chi connectivity index (χ3v) is 2.04. The lowest BCUT2D eigenvalue weighted by Gasteiger charge is -2.07. The number of hydrogen-bond donors (Lipinski definition) is 0. The first-order chi connectivity index (χ1) is 6.45. The number of nitriles is 1. The van der Waals surface area contributed by atoms with Crippen LogP contribution < -0.4 is 0 Å². The van der Waals surface area contributed by atoms with Crippen molar-refractivity contribution in [3.63, 3.8) is 0 Å². The van der Waals surface area contributed by atoms with Gasteiger partial charge in [-0.05, 0) is 30.0 Å². The van der Waals surface area contributed by atoms with E-state index in [9.17, 15) is 17.6 Å². The average Bonchev–Trinajstić information content (AvgIpc) is 2.07. The Bertz CT molecular complexity index is 380. The van der Waals surface area contributed by atoms with E-state index in [0.29, 0.717) is 30.0 Å². The summed E-state index contributed by atoms with van der Waals surface area (Å²) >= 11 is 0.363. The van der Waals surface area contributed by atoms with Crippen LogP contribution in [0.1, 0.15) is 5.56 Å². The maximum absolute atomic E-state index is 12.8. The van der Waals surface area contributed by atoms with Crippen LogP contribution in [0.3, 0.4) is 0 Å². The van der Waals surface area contributed by atoms with Gasteiger partial charge >= 0.3 is 6.18 Å². The van der Waals surface area contributed by atoms with E-state index in [1.807, 2.05) is 0 Å². The zero-order valence-electron chi connectivity index (χ0n) is 6.60. The number of thiocyanates is 1. The van der Waals surface area contributed by atoms with Crippen molar-refractivity contribution in [2.24, 2.45) is 0 Å². The molecule has 0 N–H and O–H groups in total. The molecule has 0 saturated carbocycles. The molecular formula is C8H3F4NS. The predicted molar refractivity (Wildman–Crippen MR) is 42.9 cm³/mol. The lowest BCUT2D eigenvalue weighted by Crippen LogP contribution is -2.05. The van der Waals surface area contributed by atoms with Crippen molar-refractivity contribution in [2.45, 2.75) is 11.1 Å². The van der Waals surface area contributed by atoms with Crippen LogP contribution in [-0.2, 0) is 6.18 Å². The van der Waals surface area contributed by atoms with Crippen LogP contribution >= 0.6 is 11.8 Å². The molecule has 6 heteroatoms. The Balaban J connectivity index is 3.14. The van der Waals surface area contributed by atoms with E-state index in [0.717, 1.165) is 0 Å². The van der Waals surface area contributed by atoms with Crippen molar-refractivity contribution in [1.82, 2.24) is 0 Å². The number of halogens is 4. The van der Waals surface area contributed by atoms with Gasteiger partial charge in [0.15, 0.2) is 0 Å². The lowest BCUT2D eigenvalue weighted by atomic mass is 10.2. The van der Waals surface area contributed by atoms with Gasteiger partial charge in [-0.3, -0.25) is 0 Å². The average molecular weight is 221 g/mol. The summed E-state index contributed by atoms with van der Waals surface area (Å²) < 4.78 is 49.2. The normalized spacial score (nSPS) is 11.1. The van der Waals surface area contributed by atoms with Crippen molar-refractivity contribution in [3.05, 3.63) is 29.6 Å². The first-order valence-corrected chi connectivity index (χ1v) is 4.19. The second-order valence-electron chi connectivity index (χ2n) is 2.34.